The molecule has 0 spiro atoms. The largest absolute Gasteiger partial charge is 0.497 e. The monoisotopic (exact) mass is 650 g/mol. The molecule has 0 atom stereocenters. The van der Waals surface area contributed by atoms with E-state index in [1.54, 1.807) is 79.9 Å². The highest BCUT2D eigenvalue weighted by Gasteiger charge is 2.17. The number of rotatable bonds is 12. The molecule has 0 bridgehead atoms. The van der Waals surface area contributed by atoms with Crippen molar-refractivity contribution >= 4 is 57.7 Å². The second kappa shape index (κ2) is 15.6. The Morgan fingerprint density at radius 2 is 1.61 bits per heavy atom. The Balaban J connectivity index is 1.27. The molecule has 4 aromatic carbocycles. The Morgan fingerprint density at radius 1 is 0.848 bits per heavy atom. The number of hydrogen-bond donors (Lipinski definition) is 3. The molecule has 1 aromatic heterocycles. The van der Waals surface area contributed by atoms with Crippen LogP contribution in [0.4, 0.5) is 10.8 Å². The van der Waals surface area contributed by atoms with E-state index in [4.69, 9.17) is 9.47 Å². The van der Waals surface area contributed by atoms with E-state index in [1.807, 2.05) is 41.8 Å². The molecule has 0 fully saturated rings. The number of nitrogens with zero attached hydrogens (tertiary/aromatic N) is 1. The number of methoxy groups -OCH3 is 2. The van der Waals surface area contributed by atoms with E-state index in [1.165, 1.54) is 30.2 Å². The van der Waals surface area contributed by atoms with E-state index in [2.05, 4.69) is 20.9 Å². The van der Waals surface area contributed by atoms with Crippen molar-refractivity contribution in [3.8, 4) is 22.8 Å². The van der Waals surface area contributed by atoms with E-state index < -0.39 is 11.8 Å². The molecule has 0 unspecified atom stereocenters. The van der Waals surface area contributed by atoms with Crippen LogP contribution in [0.25, 0.3) is 17.3 Å². The highest BCUT2D eigenvalue weighted by atomic mass is 32.2. The maximum atomic E-state index is 13.6. The third-order valence-electron chi connectivity index (χ3n) is 6.55. The molecule has 9 nitrogen and oxygen atoms in total. The number of carbonyl (C=O) groups is 3. The van der Waals surface area contributed by atoms with Gasteiger partial charge < -0.3 is 25.4 Å². The number of anilines is 2. The SMILES string of the molecule is COc1ccc(/C=C(/NC(=O)c2ccccc2)C(=O)Nc2cccc(SCC(=O)Nc3nc(-c4ccccc4)cs3)c2)c(OC)c1. The Labute approximate surface area is 274 Å². The molecular formula is C35H30N4O5S2. The molecule has 0 saturated carbocycles. The lowest BCUT2D eigenvalue weighted by molar-refractivity contribution is -0.114. The maximum Gasteiger partial charge on any atom is 0.272 e. The lowest BCUT2D eigenvalue weighted by atomic mass is 10.1. The molecule has 46 heavy (non-hydrogen) atoms. The van der Waals surface area contributed by atoms with Crippen molar-refractivity contribution in [3.05, 3.63) is 125 Å². The minimum atomic E-state index is -0.542. The first-order valence-electron chi connectivity index (χ1n) is 14.1. The van der Waals surface area contributed by atoms with Gasteiger partial charge in [-0.2, -0.15) is 0 Å². The smallest absolute Gasteiger partial charge is 0.272 e. The van der Waals surface area contributed by atoms with Gasteiger partial charge in [-0.25, -0.2) is 4.98 Å². The van der Waals surface area contributed by atoms with Crippen LogP contribution in [-0.2, 0) is 9.59 Å². The minimum Gasteiger partial charge on any atom is -0.497 e. The fourth-order valence-electron chi connectivity index (χ4n) is 4.27. The molecule has 0 radical (unpaired) electrons. The minimum absolute atomic E-state index is 0.00748. The molecule has 0 saturated heterocycles. The number of nitrogens with one attached hydrogen (secondary N) is 3. The summed E-state index contributed by atoms with van der Waals surface area (Å²) in [5.41, 5.74) is 3.24. The molecule has 0 aliphatic rings. The van der Waals surface area contributed by atoms with Crippen molar-refractivity contribution in [3.63, 3.8) is 0 Å². The third-order valence-corrected chi connectivity index (χ3v) is 8.30. The first-order valence-corrected chi connectivity index (χ1v) is 15.9. The quantitative estimate of drug-likeness (QED) is 0.0986. The summed E-state index contributed by atoms with van der Waals surface area (Å²) >= 11 is 2.68. The highest BCUT2D eigenvalue weighted by molar-refractivity contribution is 8.00. The fourth-order valence-corrected chi connectivity index (χ4v) is 5.77. The van der Waals surface area contributed by atoms with Crippen LogP contribution in [0.2, 0.25) is 0 Å². The number of carbonyl (C=O) groups excluding carboxylic acids is 3. The molecular weight excluding hydrogens is 621 g/mol. The highest BCUT2D eigenvalue weighted by Crippen LogP contribution is 2.28. The van der Waals surface area contributed by atoms with Gasteiger partial charge in [0.1, 0.15) is 17.2 Å². The predicted octanol–water partition coefficient (Wildman–Crippen LogP) is 6.97. The Bertz CT molecular complexity index is 1860. The molecule has 1 heterocycles. The van der Waals surface area contributed by atoms with Gasteiger partial charge in [0.15, 0.2) is 5.13 Å². The number of thiazole rings is 1. The van der Waals surface area contributed by atoms with Crippen molar-refractivity contribution in [1.29, 1.82) is 0 Å². The van der Waals surface area contributed by atoms with Gasteiger partial charge in [-0.3, -0.25) is 14.4 Å². The van der Waals surface area contributed by atoms with Gasteiger partial charge in [-0.15, -0.1) is 23.1 Å². The summed E-state index contributed by atoms with van der Waals surface area (Å²) in [5.74, 6) is 0.00794. The van der Waals surface area contributed by atoms with Gasteiger partial charge in [-0.1, -0.05) is 54.6 Å². The number of ether oxygens (including phenoxy) is 2. The summed E-state index contributed by atoms with van der Waals surface area (Å²) in [5, 5.41) is 10.9. The summed E-state index contributed by atoms with van der Waals surface area (Å²) in [7, 11) is 3.06. The van der Waals surface area contributed by atoms with Crippen LogP contribution in [0, 0.1) is 0 Å². The standard InChI is InChI=1S/C35H30N4O5S2/c1-43-27-17-16-25(31(20-27)44-2)18-29(37-33(41)24-12-7-4-8-13-24)34(42)36-26-14-9-15-28(19-26)45-22-32(40)39-35-38-30(21-46-35)23-10-5-3-6-11-23/h3-21H,22H2,1-2H3,(H,36,42)(H,37,41)(H,38,39,40)/b29-18+. The normalized spacial score (nSPS) is 11.0. The van der Waals surface area contributed by atoms with Gasteiger partial charge in [-0.05, 0) is 48.5 Å². The number of thioether (sulfide) groups is 1. The zero-order valence-corrected chi connectivity index (χ0v) is 26.6. The zero-order valence-electron chi connectivity index (χ0n) is 25.0. The van der Waals surface area contributed by atoms with Gasteiger partial charge in [0.05, 0.1) is 25.7 Å². The van der Waals surface area contributed by atoms with Crippen LogP contribution in [0.5, 0.6) is 11.5 Å². The number of amides is 3. The van der Waals surface area contributed by atoms with Crippen LogP contribution in [0.1, 0.15) is 15.9 Å². The average Bonchev–Trinajstić information content (AvgIpc) is 3.56. The van der Waals surface area contributed by atoms with Gasteiger partial charge in [0.25, 0.3) is 11.8 Å². The van der Waals surface area contributed by atoms with Crippen molar-refractivity contribution in [2.24, 2.45) is 0 Å². The molecule has 0 aliphatic carbocycles. The molecule has 232 valence electrons. The van der Waals surface area contributed by atoms with Crippen LogP contribution in [0.15, 0.2) is 119 Å². The van der Waals surface area contributed by atoms with E-state index in [9.17, 15) is 14.4 Å². The molecule has 11 heteroatoms. The fraction of sp³-hybridized carbons (Fsp3) is 0.0857. The maximum absolute atomic E-state index is 13.6. The first kappa shape index (κ1) is 32.0. The van der Waals surface area contributed by atoms with Crippen molar-refractivity contribution in [1.82, 2.24) is 10.3 Å². The second-order valence-corrected chi connectivity index (χ2v) is 11.6. The van der Waals surface area contributed by atoms with Crippen LogP contribution >= 0.6 is 23.1 Å². The van der Waals surface area contributed by atoms with E-state index in [-0.39, 0.29) is 17.4 Å². The number of hydrogen-bond acceptors (Lipinski definition) is 8. The lowest BCUT2D eigenvalue weighted by Gasteiger charge is -2.13. The summed E-state index contributed by atoms with van der Waals surface area (Å²) < 4.78 is 10.8. The first-order chi connectivity index (χ1) is 22.4. The van der Waals surface area contributed by atoms with Gasteiger partial charge in [0, 0.05) is 38.7 Å². The third kappa shape index (κ3) is 8.62. The Morgan fingerprint density at radius 3 is 2.35 bits per heavy atom. The second-order valence-electron chi connectivity index (χ2n) is 9.71. The van der Waals surface area contributed by atoms with Gasteiger partial charge in [0.2, 0.25) is 5.91 Å². The van der Waals surface area contributed by atoms with Crippen LogP contribution in [0.3, 0.4) is 0 Å². The van der Waals surface area contributed by atoms with Crippen LogP contribution < -0.4 is 25.4 Å². The molecule has 3 amide bonds. The zero-order chi connectivity index (χ0) is 32.3. The number of aromatic nitrogens is 1. The average molecular weight is 651 g/mol. The summed E-state index contributed by atoms with van der Waals surface area (Å²) in [6.45, 7) is 0. The van der Waals surface area contributed by atoms with Crippen molar-refractivity contribution in [2.45, 2.75) is 4.90 Å². The van der Waals surface area contributed by atoms with E-state index >= 15 is 0 Å². The Hall–Kier alpha value is -5.39. The predicted molar refractivity (Wildman–Crippen MR) is 183 cm³/mol. The van der Waals surface area contributed by atoms with Crippen molar-refractivity contribution < 1.29 is 23.9 Å². The van der Waals surface area contributed by atoms with Crippen molar-refractivity contribution in [2.75, 3.05) is 30.6 Å². The van der Waals surface area contributed by atoms with E-state index in [0.717, 1.165) is 16.2 Å². The molecule has 5 aromatic rings. The van der Waals surface area contributed by atoms with E-state index in [0.29, 0.717) is 33.4 Å². The molecule has 5 rings (SSSR count). The van der Waals surface area contributed by atoms with Gasteiger partial charge >= 0.3 is 0 Å². The Kier molecular flexibility index (Phi) is 10.8. The topological polar surface area (TPSA) is 119 Å². The summed E-state index contributed by atoms with van der Waals surface area (Å²) in [4.78, 5) is 44.5. The summed E-state index contributed by atoms with van der Waals surface area (Å²) in [6, 6.07) is 30.6. The molecule has 0 aliphatic heterocycles. The lowest BCUT2D eigenvalue weighted by Crippen LogP contribution is -2.30. The summed E-state index contributed by atoms with van der Waals surface area (Å²) in [6.07, 6.45) is 1.54. The number of benzene rings is 4. The van der Waals surface area contributed by atoms with Crippen LogP contribution in [-0.4, -0.2) is 42.7 Å². The molecule has 3 N–H and O–H groups in total.